The van der Waals surface area contributed by atoms with E-state index in [1.165, 1.54) is 38.5 Å². The van der Waals surface area contributed by atoms with Crippen molar-refractivity contribution in [3.05, 3.63) is 23.3 Å². The van der Waals surface area contributed by atoms with E-state index in [9.17, 15) is 5.11 Å². The third-order valence-corrected chi connectivity index (χ3v) is 15.0. The fourth-order valence-electron chi connectivity index (χ4n) is 7.50. The van der Waals surface area contributed by atoms with Crippen molar-refractivity contribution in [2.45, 2.75) is 117 Å². The van der Waals surface area contributed by atoms with Gasteiger partial charge in [0.1, 0.15) is 0 Å². The first-order valence-electron chi connectivity index (χ1n) is 12.6. The normalized spacial score (nSPS) is 42.6. The van der Waals surface area contributed by atoms with Gasteiger partial charge in [-0.3, -0.25) is 0 Å². The van der Waals surface area contributed by atoms with E-state index in [4.69, 9.17) is 4.43 Å². The van der Waals surface area contributed by atoms with E-state index in [-0.39, 0.29) is 11.1 Å². The predicted molar refractivity (Wildman–Crippen MR) is 129 cm³/mol. The second kappa shape index (κ2) is 7.32. The highest BCUT2D eigenvalue weighted by Gasteiger charge is 2.57. The molecular weight excluding hydrogens is 384 g/mol. The lowest BCUT2D eigenvalue weighted by Crippen LogP contribution is -2.49. The van der Waals surface area contributed by atoms with Crippen LogP contribution in [-0.2, 0) is 4.43 Å². The highest BCUT2D eigenvalue weighted by Crippen LogP contribution is 2.65. The third kappa shape index (κ3) is 3.42. The summed E-state index contributed by atoms with van der Waals surface area (Å²) in [5.74, 6) is 1.85. The molecule has 0 amide bonds. The first kappa shape index (κ1) is 22.8. The van der Waals surface area contributed by atoms with E-state index in [1.54, 1.807) is 11.1 Å². The molecule has 0 bridgehead atoms. The number of hydrogen-bond acceptors (Lipinski definition) is 2. The number of hydrogen-bond donors (Lipinski definition) is 1. The Bertz CT molecular complexity index is 742. The van der Waals surface area contributed by atoms with Gasteiger partial charge in [0.15, 0.2) is 8.32 Å². The minimum atomic E-state index is -1.72. The zero-order valence-corrected chi connectivity index (χ0v) is 21.8. The summed E-state index contributed by atoms with van der Waals surface area (Å²) in [5.41, 5.74) is 3.99. The molecule has 3 saturated carbocycles. The molecule has 0 aliphatic heterocycles. The van der Waals surface area contributed by atoms with Gasteiger partial charge in [-0.15, -0.1) is 0 Å². The van der Waals surface area contributed by atoms with Crippen LogP contribution in [0.2, 0.25) is 18.1 Å². The Kier molecular flexibility index (Phi) is 5.56. The largest absolute Gasteiger partial charge is 0.414 e. The van der Waals surface area contributed by atoms with E-state index >= 15 is 0 Å². The van der Waals surface area contributed by atoms with Crippen LogP contribution in [0.3, 0.4) is 0 Å². The number of rotatable bonds is 3. The molecule has 4 aliphatic rings. The smallest absolute Gasteiger partial charge is 0.192 e. The summed E-state index contributed by atoms with van der Waals surface area (Å²) < 4.78 is 6.85. The first-order chi connectivity index (χ1) is 13.8. The summed E-state index contributed by atoms with van der Waals surface area (Å²) in [6, 6.07) is 0. The summed E-state index contributed by atoms with van der Waals surface area (Å²) in [5, 5.41) is 10.7. The summed E-state index contributed by atoms with van der Waals surface area (Å²) in [6.07, 6.45) is 13.9. The zero-order valence-electron chi connectivity index (χ0n) is 20.8. The fraction of sp³-hybridized carbons (Fsp3) is 0.852. The molecular formula is C27H46O2Si. The van der Waals surface area contributed by atoms with Gasteiger partial charge in [0.05, 0.1) is 6.10 Å². The zero-order chi connectivity index (χ0) is 22.1. The van der Waals surface area contributed by atoms with Crippen LogP contribution in [0.1, 0.15) is 86.5 Å². The molecule has 0 aromatic heterocycles. The molecule has 4 rings (SSSR count). The SMILES string of the molecule is C[C@H](O)[C@H]1CC[C@H]2C3=CC=C4CC(O[Si](C)(C)C(C)(C)C)CC[C@]4(C)[C@H]3CC[C@]12C. The Labute approximate surface area is 186 Å². The second-order valence-electron chi connectivity index (χ2n) is 13.1. The van der Waals surface area contributed by atoms with E-state index in [2.05, 4.69) is 59.9 Å². The molecule has 1 N–H and O–H groups in total. The molecule has 30 heavy (non-hydrogen) atoms. The second-order valence-corrected chi connectivity index (χ2v) is 17.8. The minimum Gasteiger partial charge on any atom is -0.414 e. The maximum atomic E-state index is 10.4. The first-order valence-corrected chi connectivity index (χ1v) is 15.5. The molecule has 0 radical (unpaired) electrons. The van der Waals surface area contributed by atoms with E-state index in [0.29, 0.717) is 34.7 Å². The van der Waals surface area contributed by atoms with Crippen LogP contribution in [0, 0.1) is 28.6 Å². The van der Waals surface area contributed by atoms with Gasteiger partial charge in [0.2, 0.25) is 0 Å². The average Bonchev–Trinajstić information content (AvgIpc) is 2.98. The van der Waals surface area contributed by atoms with Crippen LogP contribution in [0.25, 0.3) is 0 Å². The molecule has 0 aromatic carbocycles. The summed E-state index contributed by atoms with van der Waals surface area (Å²) in [6.45, 7) is 18.9. The molecule has 0 aromatic rings. The highest BCUT2D eigenvalue weighted by molar-refractivity contribution is 6.74. The predicted octanol–water partition coefficient (Wildman–Crippen LogP) is 7.26. The Morgan fingerprint density at radius 2 is 1.73 bits per heavy atom. The lowest BCUT2D eigenvalue weighted by Gasteiger charge is -2.55. The molecule has 3 heteroatoms. The lowest BCUT2D eigenvalue weighted by molar-refractivity contribution is 0.00496. The van der Waals surface area contributed by atoms with Crippen LogP contribution in [0.4, 0.5) is 0 Å². The Hall–Kier alpha value is -0.383. The molecule has 3 fully saturated rings. The van der Waals surface area contributed by atoms with Crippen molar-refractivity contribution in [1.29, 1.82) is 0 Å². The molecule has 170 valence electrons. The summed E-state index contributed by atoms with van der Waals surface area (Å²) >= 11 is 0. The maximum absolute atomic E-state index is 10.4. The monoisotopic (exact) mass is 430 g/mol. The third-order valence-electron chi connectivity index (χ3n) is 10.4. The van der Waals surface area contributed by atoms with Gasteiger partial charge < -0.3 is 9.53 Å². The minimum absolute atomic E-state index is 0.176. The van der Waals surface area contributed by atoms with Gasteiger partial charge in [0, 0.05) is 6.10 Å². The van der Waals surface area contributed by atoms with E-state index in [0.717, 1.165) is 6.42 Å². The van der Waals surface area contributed by atoms with Gasteiger partial charge in [-0.05, 0) is 98.6 Å². The molecule has 0 heterocycles. The van der Waals surface area contributed by atoms with Crippen LogP contribution in [0.15, 0.2) is 23.3 Å². The van der Waals surface area contributed by atoms with Gasteiger partial charge in [-0.1, -0.05) is 57.9 Å². The van der Waals surface area contributed by atoms with E-state index in [1.807, 2.05) is 6.92 Å². The van der Waals surface area contributed by atoms with Crippen molar-refractivity contribution in [2.24, 2.45) is 28.6 Å². The summed E-state index contributed by atoms with van der Waals surface area (Å²) in [7, 11) is -1.72. The maximum Gasteiger partial charge on any atom is 0.192 e. The number of aliphatic hydroxyl groups excluding tert-OH is 1. The van der Waals surface area contributed by atoms with Crippen LogP contribution in [0.5, 0.6) is 0 Å². The molecule has 1 unspecified atom stereocenters. The number of aliphatic hydroxyl groups is 1. The van der Waals surface area contributed by atoms with Crippen LogP contribution >= 0.6 is 0 Å². The standard InChI is InChI=1S/C27H46O2Si/c1-18(28)22-11-12-23-21-10-9-19-17-20(29-30(7,8)25(2,3)4)13-15-26(19,5)24(21)14-16-27(22,23)6/h9-10,18,20,22-24,28H,11-17H2,1-8H3/t18-,20?,22+,23-,24-,26-,27+/m0/s1. The Morgan fingerprint density at radius 1 is 1.03 bits per heavy atom. The quantitative estimate of drug-likeness (QED) is 0.477. The van der Waals surface area contributed by atoms with Gasteiger partial charge >= 0.3 is 0 Å². The topological polar surface area (TPSA) is 29.5 Å². The summed E-state index contributed by atoms with van der Waals surface area (Å²) in [4.78, 5) is 0. The van der Waals surface area contributed by atoms with Crippen LogP contribution < -0.4 is 0 Å². The molecule has 0 spiro atoms. The van der Waals surface area contributed by atoms with Gasteiger partial charge in [0.25, 0.3) is 0 Å². The highest BCUT2D eigenvalue weighted by atomic mass is 28.4. The van der Waals surface area contributed by atoms with Crippen molar-refractivity contribution < 1.29 is 9.53 Å². The Balaban J connectivity index is 1.57. The van der Waals surface area contributed by atoms with Crippen LogP contribution in [-0.4, -0.2) is 25.6 Å². The van der Waals surface area contributed by atoms with Crippen molar-refractivity contribution >= 4 is 8.32 Å². The molecule has 0 saturated heterocycles. The molecule has 7 atom stereocenters. The number of allylic oxidation sites excluding steroid dienone is 3. The molecule has 2 nitrogen and oxygen atoms in total. The Morgan fingerprint density at radius 3 is 2.37 bits per heavy atom. The van der Waals surface area contributed by atoms with Gasteiger partial charge in [-0.25, -0.2) is 0 Å². The van der Waals surface area contributed by atoms with E-state index < -0.39 is 8.32 Å². The van der Waals surface area contributed by atoms with Crippen molar-refractivity contribution in [3.8, 4) is 0 Å². The van der Waals surface area contributed by atoms with Crippen molar-refractivity contribution in [3.63, 3.8) is 0 Å². The fourth-order valence-corrected chi connectivity index (χ4v) is 8.88. The average molecular weight is 431 g/mol. The number of fused-ring (bicyclic) bond motifs is 5. The van der Waals surface area contributed by atoms with Crippen molar-refractivity contribution in [1.82, 2.24) is 0 Å². The van der Waals surface area contributed by atoms with Gasteiger partial charge in [-0.2, -0.15) is 0 Å². The van der Waals surface area contributed by atoms with Crippen molar-refractivity contribution in [2.75, 3.05) is 0 Å². The lowest BCUT2D eigenvalue weighted by atomic mass is 9.50. The molecule has 4 aliphatic carbocycles.